The lowest BCUT2D eigenvalue weighted by atomic mass is 9.83. The molecule has 2 atom stereocenters. The quantitative estimate of drug-likeness (QED) is 0.620. The van der Waals surface area contributed by atoms with Gasteiger partial charge in [-0.3, -0.25) is 14.4 Å². The van der Waals surface area contributed by atoms with Gasteiger partial charge in [0.15, 0.2) is 6.10 Å². The fourth-order valence-corrected chi connectivity index (χ4v) is 4.59. The van der Waals surface area contributed by atoms with Crippen LogP contribution in [0.5, 0.6) is 0 Å². The molecule has 8 nitrogen and oxygen atoms in total. The molecule has 1 fully saturated rings. The van der Waals surface area contributed by atoms with Crippen LogP contribution >= 0.6 is 11.6 Å². The molecule has 3 heterocycles. The molecule has 4 N–H and O–H groups in total. The van der Waals surface area contributed by atoms with Crippen LogP contribution in [-0.2, 0) is 28.2 Å². The number of likely N-dealkylation sites (tertiary alicyclic amines) is 1. The molecule has 0 bridgehead atoms. The highest BCUT2D eigenvalue weighted by atomic mass is 35.5. The van der Waals surface area contributed by atoms with Crippen LogP contribution in [0.2, 0.25) is 5.02 Å². The number of aliphatic hydroxyl groups is 2. The van der Waals surface area contributed by atoms with Gasteiger partial charge in [-0.15, -0.1) is 0 Å². The number of hydrogen-bond donors (Lipinski definition) is 3. The van der Waals surface area contributed by atoms with Crippen molar-refractivity contribution in [3.8, 4) is 0 Å². The van der Waals surface area contributed by atoms with E-state index in [2.05, 4.69) is 10.00 Å². The maximum Gasteiger partial charge on any atom is 0.251 e. The molecule has 0 aliphatic carbocycles. The van der Waals surface area contributed by atoms with Gasteiger partial charge in [0, 0.05) is 36.4 Å². The number of carbonyl (C=O) groups is 1. The van der Waals surface area contributed by atoms with Crippen molar-refractivity contribution in [3.05, 3.63) is 52.3 Å². The summed E-state index contributed by atoms with van der Waals surface area (Å²) in [5, 5.41) is 24.9. The molecule has 2 unspecified atom stereocenters. The van der Waals surface area contributed by atoms with Gasteiger partial charge < -0.3 is 20.7 Å². The fraction of sp³-hybridized carbons (Fsp3) is 0.545. The van der Waals surface area contributed by atoms with E-state index in [9.17, 15) is 15.0 Å². The zero-order chi connectivity index (χ0) is 22.4. The summed E-state index contributed by atoms with van der Waals surface area (Å²) in [6.45, 7) is 5.67. The number of primary amides is 1. The van der Waals surface area contributed by atoms with E-state index in [1.54, 1.807) is 30.8 Å². The highest BCUT2D eigenvalue weighted by Gasteiger charge is 2.48. The Morgan fingerprint density at radius 3 is 2.77 bits per heavy atom. The lowest BCUT2D eigenvalue weighted by Gasteiger charge is -2.39. The first-order chi connectivity index (χ1) is 14.6. The van der Waals surface area contributed by atoms with Gasteiger partial charge in [-0.05, 0) is 49.9 Å². The Morgan fingerprint density at radius 2 is 2.13 bits per heavy atom. The van der Waals surface area contributed by atoms with Crippen LogP contribution in [0, 0.1) is 0 Å². The summed E-state index contributed by atoms with van der Waals surface area (Å²) in [5.74, 6) is -0.483. The normalized spacial score (nSPS) is 21.9. The minimum Gasteiger partial charge on any atom is -0.388 e. The molecular formula is C22H29ClN4O4. The first kappa shape index (κ1) is 22.2. The molecule has 0 radical (unpaired) electrons. The second kappa shape index (κ2) is 8.18. The largest absolute Gasteiger partial charge is 0.388 e. The summed E-state index contributed by atoms with van der Waals surface area (Å²) < 4.78 is 7.88. The number of amides is 1. The number of aliphatic hydroxyl groups excluding tert-OH is 1. The summed E-state index contributed by atoms with van der Waals surface area (Å²) in [4.78, 5) is 14.2. The van der Waals surface area contributed by atoms with Gasteiger partial charge >= 0.3 is 0 Å². The Morgan fingerprint density at radius 1 is 1.42 bits per heavy atom. The summed E-state index contributed by atoms with van der Waals surface area (Å²) >= 11 is 6.23. The van der Waals surface area contributed by atoms with Crippen molar-refractivity contribution in [1.29, 1.82) is 0 Å². The van der Waals surface area contributed by atoms with Gasteiger partial charge in [0.2, 0.25) is 0 Å². The predicted octanol–water partition coefficient (Wildman–Crippen LogP) is 1.72. The van der Waals surface area contributed by atoms with Crippen molar-refractivity contribution in [2.45, 2.75) is 63.2 Å². The lowest BCUT2D eigenvalue weighted by Crippen LogP contribution is -2.42. The number of rotatable bonds is 6. The molecule has 4 rings (SSSR count). The molecule has 9 heteroatoms. The number of halogens is 1. The molecule has 168 valence electrons. The predicted molar refractivity (Wildman–Crippen MR) is 115 cm³/mol. The van der Waals surface area contributed by atoms with Gasteiger partial charge in [0.05, 0.1) is 23.9 Å². The van der Waals surface area contributed by atoms with E-state index in [1.165, 1.54) is 0 Å². The van der Waals surface area contributed by atoms with Crippen molar-refractivity contribution in [2.75, 3.05) is 13.1 Å². The van der Waals surface area contributed by atoms with E-state index in [1.807, 2.05) is 18.3 Å². The number of nitrogens with two attached hydrogens (primary N) is 1. The van der Waals surface area contributed by atoms with Gasteiger partial charge in [-0.2, -0.15) is 5.10 Å². The Hall–Kier alpha value is -1.97. The van der Waals surface area contributed by atoms with Crippen LogP contribution in [0.15, 0.2) is 30.6 Å². The standard InChI is InChI=1S/C22H29ClN4O4/c1-21(2,30)18(28)13-27-12-14(10-25-27)11-26-7-5-22(6-8-26)17-9-15(23)3-4-16(17)19(31-22)20(24)29/h3-4,9-10,12,18-19,28,30H,5-8,11,13H2,1-2H3,(H2,24,29). The molecule has 1 aromatic carbocycles. The third-order valence-corrected chi connectivity index (χ3v) is 6.56. The van der Waals surface area contributed by atoms with E-state index in [0.29, 0.717) is 5.02 Å². The van der Waals surface area contributed by atoms with Crippen molar-refractivity contribution in [3.63, 3.8) is 0 Å². The molecule has 31 heavy (non-hydrogen) atoms. The average Bonchev–Trinajstić information content (AvgIpc) is 3.26. The van der Waals surface area contributed by atoms with Gasteiger partial charge in [-0.25, -0.2) is 0 Å². The zero-order valence-corrected chi connectivity index (χ0v) is 18.5. The first-order valence-corrected chi connectivity index (χ1v) is 10.9. The Balaban J connectivity index is 1.41. The van der Waals surface area contributed by atoms with Crippen molar-refractivity contribution < 1.29 is 19.7 Å². The molecule has 1 amide bonds. The molecule has 2 aliphatic heterocycles. The molecular weight excluding hydrogens is 420 g/mol. The third kappa shape index (κ3) is 4.49. The fourth-order valence-electron chi connectivity index (χ4n) is 4.42. The minimum atomic E-state index is -1.18. The maximum atomic E-state index is 11.9. The van der Waals surface area contributed by atoms with Gasteiger partial charge in [0.25, 0.3) is 5.91 Å². The summed E-state index contributed by atoms with van der Waals surface area (Å²) in [7, 11) is 0. The number of hydrogen-bond acceptors (Lipinski definition) is 6. The topological polar surface area (TPSA) is 114 Å². The summed E-state index contributed by atoms with van der Waals surface area (Å²) in [5.41, 5.74) is 6.67. The molecule has 1 spiro atoms. The number of benzene rings is 1. The molecule has 0 saturated carbocycles. The number of aromatic nitrogens is 2. The second-order valence-electron chi connectivity index (χ2n) is 9.14. The van der Waals surface area contributed by atoms with E-state index in [0.717, 1.165) is 49.2 Å². The van der Waals surface area contributed by atoms with E-state index < -0.39 is 29.3 Å². The average molecular weight is 449 g/mol. The van der Waals surface area contributed by atoms with E-state index >= 15 is 0 Å². The monoisotopic (exact) mass is 448 g/mol. The number of carbonyl (C=O) groups excluding carboxylic acids is 1. The van der Waals surface area contributed by atoms with E-state index in [4.69, 9.17) is 22.1 Å². The smallest absolute Gasteiger partial charge is 0.251 e. The van der Waals surface area contributed by atoms with Crippen molar-refractivity contribution in [1.82, 2.24) is 14.7 Å². The van der Waals surface area contributed by atoms with Crippen LogP contribution in [0.4, 0.5) is 0 Å². The summed E-state index contributed by atoms with van der Waals surface area (Å²) in [6.07, 6.45) is 3.50. The van der Waals surface area contributed by atoms with Crippen LogP contribution in [0.3, 0.4) is 0 Å². The lowest BCUT2D eigenvalue weighted by molar-refractivity contribution is -0.148. The molecule has 2 aromatic rings. The maximum absolute atomic E-state index is 11.9. The van der Waals surface area contributed by atoms with Gasteiger partial charge in [0.1, 0.15) is 6.10 Å². The molecule has 1 saturated heterocycles. The van der Waals surface area contributed by atoms with Crippen LogP contribution in [-0.4, -0.2) is 55.6 Å². The Bertz CT molecular complexity index is 963. The number of nitrogens with zero attached hydrogens (tertiary/aromatic N) is 3. The Kier molecular flexibility index (Phi) is 5.87. The zero-order valence-electron chi connectivity index (χ0n) is 17.8. The van der Waals surface area contributed by atoms with E-state index in [-0.39, 0.29) is 6.54 Å². The van der Waals surface area contributed by atoms with Crippen molar-refractivity contribution in [2.24, 2.45) is 5.73 Å². The highest BCUT2D eigenvalue weighted by molar-refractivity contribution is 6.30. The van der Waals surface area contributed by atoms with Crippen molar-refractivity contribution >= 4 is 17.5 Å². The van der Waals surface area contributed by atoms with Crippen LogP contribution in [0.1, 0.15) is 49.5 Å². The highest BCUT2D eigenvalue weighted by Crippen LogP contribution is 2.50. The molecule has 2 aliphatic rings. The molecule has 1 aromatic heterocycles. The Labute approximate surface area is 186 Å². The first-order valence-electron chi connectivity index (χ1n) is 10.5. The second-order valence-corrected chi connectivity index (χ2v) is 9.58. The third-order valence-electron chi connectivity index (χ3n) is 6.32. The SMILES string of the molecule is CC(C)(O)C(O)Cn1cc(CN2CCC3(CC2)OC(C(N)=O)c2ccc(Cl)cc23)cn1. The van der Waals surface area contributed by atoms with Crippen LogP contribution < -0.4 is 5.73 Å². The number of piperidine rings is 1. The summed E-state index contributed by atoms with van der Waals surface area (Å²) in [6, 6.07) is 5.50. The van der Waals surface area contributed by atoms with Crippen LogP contribution in [0.25, 0.3) is 0 Å². The minimum absolute atomic E-state index is 0.229. The van der Waals surface area contributed by atoms with Gasteiger partial charge in [-0.1, -0.05) is 17.7 Å². The number of fused-ring (bicyclic) bond motifs is 2. The number of ether oxygens (including phenoxy) is 1.